The summed E-state index contributed by atoms with van der Waals surface area (Å²) in [5.74, 6) is 0.425. The maximum atomic E-state index is 12.0. The second-order valence-corrected chi connectivity index (χ2v) is 9.30. The zero-order valence-corrected chi connectivity index (χ0v) is 18.9. The van der Waals surface area contributed by atoms with E-state index in [4.69, 9.17) is 0 Å². The van der Waals surface area contributed by atoms with Crippen molar-refractivity contribution in [2.45, 2.75) is 20.4 Å². The molecule has 0 aliphatic heterocycles. The molecule has 33 heavy (non-hydrogen) atoms. The van der Waals surface area contributed by atoms with Crippen molar-refractivity contribution in [1.82, 2.24) is 19.5 Å². The van der Waals surface area contributed by atoms with E-state index in [1.54, 1.807) is 31.5 Å². The molecule has 1 aromatic carbocycles. The molecule has 0 unspecified atom stereocenters. The molecule has 1 amide bonds. The van der Waals surface area contributed by atoms with E-state index < -0.39 is 10.0 Å². The van der Waals surface area contributed by atoms with E-state index in [9.17, 15) is 13.2 Å². The van der Waals surface area contributed by atoms with Crippen molar-refractivity contribution >= 4 is 50.1 Å². The number of sulfonamides is 1. The van der Waals surface area contributed by atoms with Crippen LogP contribution in [0.25, 0.3) is 11.0 Å². The van der Waals surface area contributed by atoms with Gasteiger partial charge in [-0.2, -0.15) is 4.98 Å². The fourth-order valence-electron chi connectivity index (χ4n) is 3.23. The quantitative estimate of drug-likeness (QED) is 0.364. The molecule has 170 valence electrons. The first-order chi connectivity index (χ1) is 15.8. The number of amides is 1. The smallest absolute Gasteiger partial charge is 0.233 e. The summed E-state index contributed by atoms with van der Waals surface area (Å²) in [6.07, 6.45) is 5.10. The number of para-hydroxylation sites is 2. The topological polar surface area (TPSA) is 131 Å². The zero-order chi connectivity index (χ0) is 23.4. The van der Waals surface area contributed by atoms with Crippen molar-refractivity contribution < 1.29 is 13.2 Å². The van der Waals surface area contributed by atoms with E-state index in [-0.39, 0.29) is 17.5 Å². The molecule has 4 rings (SSSR count). The monoisotopic (exact) mass is 465 g/mol. The van der Waals surface area contributed by atoms with Gasteiger partial charge in [0.05, 0.1) is 23.7 Å². The molecule has 4 aromatic rings. The maximum absolute atomic E-state index is 12.0. The van der Waals surface area contributed by atoms with Crippen LogP contribution in [0.15, 0.2) is 61.1 Å². The number of aromatic nitrogens is 4. The second-order valence-electron chi connectivity index (χ2n) is 7.28. The minimum atomic E-state index is -3.46. The van der Waals surface area contributed by atoms with E-state index in [0.717, 1.165) is 5.39 Å². The normalized spacial score (nSPS) is 11.3. The van der Waals surface area contributed by atoms with Gasteiger partial charge in [-0.15, -0.1) is 0 Å². The van der Waals surface area contributed by atoms with Crippen molar-refractivity contribution in [1.29, 1.82) is 0 Å². The number of hydrogen-bond acceptors (Lipinski definition) is 7. The second kappa shape index (κ2) is 9.25. The summed E-state index contributed by atoms with van der Waals surface area (Å²) in [5.41, 5.74) is 2.65. The molecule has 3 heterocycles. The van der Waals surface area contributed by atoms with Gasteiger partial charge in [0.15, 0.2) is 0 Å². The predicted octanol–water partition coefficient (Wildman–Crippen LogP) is 3.34. The molecule has 0 radical (unpaired) electrons. The Morgan fingerprint density at radius 2 is 1.85 bits per heavy atom. The molecule has 0 saturated heterocycles. The van der Waals surface area contributed by atoms with Crippen molar-refractivity contribution in [3.05, 3.63) is 66.6 Å². The number of anilines is 4. The third-order valence-electron chi connectivity index (χ3n) is 4.85. The van der Waals surface area contributed by atoms with Crippen LogP contribution in [-0.4, -0.2) is 39.6 Å². The van der Waals surface area contributed by atoms with E-state index in [1.807, 2.05) is 41.1 Å². The Bertz CT molecular complexity index is 1420. The van der Waals surface area contributed by atoms with Crippen LogP contribution in [0.5, 0.6) is 0 Å². The van der Waals surface area contributed by atoms with Gasteiger partial charge in [0.2, 0.25) is 21.9 Å². The van der Waals surface area contributed by atoms with Gasteiger partial charge in [-0.1, -0.05) is 18.2 Å². The van der Waals surface area contributed by atoms with Crippen LogP contribution < -0.4 is 15.4 Å². The summed E-state index contributed by atoms with van der Waals surface area (Å²) in [6, 6.07) is 12.7. The Hall–Kier alpha value is -3.99. The fourth-order valence-corrected chi connectivity index (χ4v) is 3.85. The Morgan fingerprint density at radius 3 is 2.61 bits per heavy atom. The molecule has 3 N–H and O–H groups in total. The Morgan fingerprint density at radius 1 is 1.06 bits per heavy atom. The molecule has 3 aromatic heterocycles. The van der Waals surface area contributed by atoms with Crippen LogP contribution >= 0.6 is 0 Å². The number of carbonyl (C=O) groups excluding carboxylic acids is 1. The predicted molar refractivity (Wildman–Crippen MR) is 128 cm³/mol. The van der Waals surface area contributed by atoms with Crippen LogP contribution in [0.3, 0.4) is 0 Å². The lowest BCUT2D eigenvalue weighted by molar-refractivity contribution is -0.114. The van der Waals surface area contributed by atoms with Gasteiger partial charge in [-0.3, -0.25) is 9.52 Å². The minimum absolute atomic E-state index is 0.0440. The zero-order valence-electron chi connectivity index (χ0n) is 18.1. The lowest BCUT2D eigenvalue weighted by Crippen LogP contribution is -2.17. The minimum Gasteiger partial charge on any atom is -0.328 e. The van der Waals surface area contributed by atoms with Crippen molar-refractivity contribution in [3.8, 4) is 0 Å². The van der Waals surface area contributed by atoms with Gasteiger partial charge in [0.25, 0.3) is 0 Å². The first kappa shape index (κ1) is 22.2. The van der Waals surface area contributed by atoms with Gasteiger partial charge in [0, 0.05) is 36.5 Å². The number of nitrogens with zero attached hydrogens (tertiary/aromatic N) is 4. The summed E-state index contributed by atoms with van der Waals surface area (Å²) in [5, 5.41) is 6.75. The highest BCUT2D eigenvalue weighted by molar-refractivity contribution is 7.92. The fraction of sp³-hybridized carbons (Fsp3) is 0.182. The highest BCUT2D eigenvalue weighted by Gasteiger charge is 2.14. The molecular weight excluding hydrogens is 442 g/mol. The molecule has 0 aliphatic rings. The molecule has 0 bridgehead atoms. The van der Waals surface area contributed by atoms with Gasteiger partial charge < -0.3 is 15.2 Å². The van der Waals surface area contributed by atoms with E-state index >= 15 is 0 Å². The number of benzene rings is 1. The molecule has 11 heteroatoms. The molecule has 0 saturated carbocycles. The standard InChI is InChI=1S/C22H23N7O3S/c1-3-33(31,32)28-20-17(7-6-11-23-20)14-29-12-10-16-13-24-22(27-21(16)29)26-19-9-5-4-8-18(19)25-15(2)30/h4-13H,3,14H2,1-2H3,(H,23,28)(H,25,30)(H,24,26,27). The molecule has 0 spiro atoms. The Balaban J connectivity index is 1.64. The number of pyridine rings is 1. The summed E-state index contributed by atoms with van der Waals surface area (Å²) in [7, 11) is -3.46. The van der Waals surface area contributed by atoms with E-state index in [2.05, 4.69) is 30.3 Å². The average Bonchev–Trinajstić information content (AvgIpc) is 3.18. The van der Waals surface area contributed by atoms with Crippen LogP contribution in [0.1, 0.15) is 19.4 Å². The van der Waals surface area contributed by atoms with Gasteiger partial charge in [-0.05, 0) is 31.2 Å². The Labute approximate surface area is 191 Å². The van der Waals surface area contributed by atoms with Crippen LogP contribution in [0.2, 0.25) is 0 Å². The van der Waals surface area contributed by atoms with Crippen molar-refractivity contribution in [3.63, 3.8) is 0 Å². The summed E-state index contributed by atoms with van der Waals surface area (Å²) < 4.78 is 28.5. The number of rotatable bonds is 8. The number of carbonyl (C=O) groups is 1. The number of fused-ring (bicyclic) bond motifs is 1. The van der Waals surface area contributed by atoms with Crippen molar-refractivity contribution in [2.75, 3.05) is 21.1 Å². The Kier molecular flexibility index (Phi) is 6.22. The van der Waals surface area contributed by atoms with Crippen LogP contribution in [0.4, 0.5) is 23.1 Å². The van der Waals surface area contributed by atoms with Crippen molar-refractivity contribution in [2.24, 2.45) is 0 Å². The summed E-state index contributed by atoms with van der Waals surface area (Å²) >= 11 is 0. The largest absolute Gasteiger partial charge is 0.328 e. The van der Waals surface area contributed by atoms with Crippen LogP contribution in [-0.2, 0) is 21.4 Å². The highest BCUT2D eigenvalue weighted by Crippen LogP contribution is 2.25. The lowest BCUT2D eigenvalue weighted by atomic mass is 10.2. The first-order valence-corrected chi connectivity index (χ1v) is 11.9. The maximum Gasteiger partial charge on any atom is 0.233 e. The molecule has 0 fully saturated rings. The van der Waals surface area contributed by atoms with Crippen LogP contribution in [0, 0.1) is 0 Å². The van der Waals surface area contributed by atoms with E-state index in [0.29, 0.717) is 35.1 Å². The number of hydrogen-bond donors (Lipinski definition) is 3. The molecule has 0 atom stereocenters. The first-order valence-electron chi connectivity index (χ1n) is 10.2. The van der Waals surface area contributed by atoms with Gasteiger partial charge >= 0.3 is 0 Å². The molecule has 0 aliphatic carbocycles. The SMILES string of the molecule is CCS(=O)(=O)Nc1ncccc1Cn1ccc2cnc(Nc3ccccc3NC(C)=O)nc21. The highest BCUT2D eigenvalue weighted by atomic mass is 32.2. The summed E-state index contributed by atoms with van der Waals surface area (Å²) in [4.78, 5) is 24.7. The summed E-state index contributed by atoms with van der Waals surface area (Å²) in [6.45, 7) is 3.37. The third-order valence-corrected chi connectivity index (χ3v) is 6.11. The number of nitrogens with one attached hydrogen (secondary N) is 3. The average molecular weight is 466 g/mol. The van der Waals surface area contributed by atoms with Gasteiger partial charge in [0.1, 0.15) is 11.5 Å². The van der Waals surface area contributed by atoms with E-state index in [1.165, 1.54) is 6.92 Å². The third kappa shape index (κ3) is 5.26. The molecular formula is C22H23N7O3S. The van der Waals surface area contributed by atoms with Gasteiger partial charge in [-0.25, -0.2) is 18.4 Å². The lowest BCUT2D eigenvalue weighted by Gasteiger charge is -2.13. The molecule has 10 nitrogen and oxygen atoms in total.